The number of hydrogen-bond acceptors (Lipinski definition) is 4. The first-order chi connectivity index (χ1) is 9.11. The first kappa shape index (κ1) is 13.6. The summed E-state index contributed by atoms with van der Waals surface area (Å²) in [4.78, 5) is 13.7. The van der Waals surface area contributed by atoms with Crippen LogP contribution in [0.1, 0.15) is 0 Å². The predicted molar refractivity (Wildman–Crippen MR) is 73.7 cm³/mol. The molecule has 0 fully saturated rings. The van der Waals surface area contributed by atoms with Crippen LogP contribution in [-0.2, 0) is 16.1 Å². The topological polar surface area (TPSA) is 82.3 Å². The largest absolute Gasteiger partial charge is 0.497 e. The summed E-state index contributed by atoms with van der Waals surface area (Å²) in [5.41, 5.74) is 6.86. The summed E-state index contributed by atoms with van der Waals surface area (Å²) in [6, 6.07) is 5.67. The predicted octanol–water partition coefficient (Wildman–Crippen LogP) is 1.21. The van der Waals surface area contributed by atoms with Gasteiger partial charge in [-0.3, -0.25) is 4.79 Å². The summed E-state index contributed by atoms with van der Waals surface area (Å²) >= 11 is 5.25. The lowest BCUT2D eigenvalue weighted by Gasteiger charge is -2.05. The van der Waals surface area contributed by atoms with Crippen LogP contribution < -0.4 is 10.5 Å². The Kier molecular flexibility index (Phi) is 4.18. The highest BCUT2D eigenvalue weighted by molar-refractivity contribution is 7.71. The molecule has 1 heterocycles. The zero-order valence-corrected chi connectivity index (χ0v) is 11.3. The van der Waals surface area contributed by atoms with Gasteiger partial charge in [0.05, 0.1) is 24.8 Å². The number of imidazole rings is 1. The van der Waals surface area contributed by atoms with Gasteiger partial charge in [-0.05, 0) is 24.4 Å². The summed E-state index contributed by atoms with van der Waals surface area (Å²) < 4.78 is 12.8. The lowest BCUT2D eigenvalue weighted by Crippen LogP contribution is -2.19. The zero-order valence-electron chi connectivity index (χ0n) is 10.5. The van der Waals surface area contributed by atoms with Gasteiger partial charge in [-0.2, -0.15) is 0 Å². The van der Waals surface area contributed by atoms with E-state index in [-0.39, 0.29) is 6.61 Å². The number of H-pyrrole nitrogens is 1. The third-order valence-electron chi connectivity index (χ3n) is 2.68. The van der Waals surface area contributed by atoms with Crippen LogP contribution in [0, 0.1) is 4.77 Å². The van der Waals surface area contributed by atoms with Crippen LogP contribution in [0.4, 0.5) is 0 Å². The normalized spacial score (nSPS) is 10.8. The second-order valence-electron chi connectivity index (χ2n) is 3.98. The fraction of sp³-hybridized carbons (Fsp3) is 0.333. The van der Waals surface area contributed by atoms with Crippen molar-refractivity contribution in [2.24, 2.45) is 5.73 Å². The molecule has 1 aromatic heterocycles. The van der Waals surface area contributed by atoms with Crippen molar-refractivity contribution >= 4 is 29.2 Å². The van der Waals surface area contributed by atoms with Gasteiger partial charge in [0.1, 0.15) is 12.4 Å². The van der Waals surface area contributed by atoms with Crippen molar-refractivity contribution in [2.45, 2.75) is 6.54 Å². The maximum absolute atomic E-state index is 10.6. The van der Waals surface area contributed by atoms with E-state index < -0.39 is 5.91 Å². The van der Waals surface area contributed by atoms with Crippen molar-refractivity contribution in [3.63, 3.8) is 0 Å². The van der Waals surface area contributed by atoms with E-state index in [2.05, 4.69) is 4.98 Å². The molecule has 1 aromatic carbocycles. The van der Waals surface area contributed by atoms with E-state index >= 15 is 0 Å². The molecule has 1 amide bonds. The Balaban J connectivity index is 2.16. The molecule has 6 nitrogen and oxygen atoms in total. The molecular formula is C12H15N3O3S. The van der Waals surface area contributed by atoms with E-state index in [0.717, 1.165) is 16.8 Å². The Morgan fingerprint density at radius 3 is 3.00 bits per heavy atom. The molecule has 0 radical (unpaired) electrons. The minimum Gasteiger partial charge on any atom is -0.497 e. The molecular weight excluding hydrogens is 266 g/mol. The lowest BCUT2D eigenvalue weighted by atomic mass is 10.3. The third kappa shape index (κ3) is 3.12. The number of fused-ring (bicyclic) bond motifs is 1. The molecule has 0 aliphatic rings. The van der Waals surface area contributed by atoms with Gasteiger partial charge in [-0.15, -0.1) is 0 Å². The third-order valence-corrected chi connectivity index (χ3v) is 3.01. The highest BCUT2D eigenvalue weighted by Gasteiger charge is 2.05. The molecule has 0 unspecified atom stereocenters. The van der Waals surface area contributed by atoms with E-state index in [4.69, 9.17) is 27.4 Å². The highest BCUT2D eigenvalue weighted by atomic mass is 32.1. The number of carbonyl (C=O) groups is 1. The van der Waals surface area contributed by atoms with Gasteiger partial charge in [0.2, 0.25) is 5.91 Å². The number of carbonyl (C=O) groups excluding carboxylic acids is 1. The quantitative estimate of drug-likeness (QED) is 0.616. The fourth-order valence-corrected chi connectivity index (χ4v) is 2.12. The molecule has 2 aromatic rings. The van der Waals surface area contributed by atoms with Crippen molar-refractivity contribution in [3.8, 4) is 5.75 Å². The number of nitrogens with one attached hydrogen (secondary N) is 1. The second kappa shape index (κ2) is 5.85. The molecule has 0 spiro atoms. The van der Waals surface area contributed by atoms with Crippen LogP contribution >= 0.6 is 12.2 Å². The van der Waals surface area contributed by atoms with E-state index in [0.29, 0.717) is 17.9 Å². The molecule has 19 heavy (non-hydrogen) atoms. The molecule has 0 aliphatic heterocycles. The molecule has 3 N–H and O–H groups in total. The van der Waals surface area contributed by atoms with Crippen molar-refractivity contribution in [3.05, 3.63) is 23.0 Å². The van der Waals surface area contributed by atoms with Crippen LogP contribution in [0.3, 0.4) is 0 Å². The highest BCUT2D eigenvalue weighted by Crippen LogP contribution is 2.20. The van der Waals surface area contributed by atoms with Crippen molar-refractivity contribution in [1.82, 2.24) is 9.55 Å². The van der Waals surface area contributed by atoms with Gasteiger partial charge in [0, 0.05) is 12.6 Å². The molecule has 7 heteroatoms. The molecule has 102 valence electrons. The first-order valence-electron chi connectivity index (χ1n) is 5.74. The number of nitrogens with zero attached hydrogens (tertiary/aromatic N) is 1. The number of methoxy groups -OCH3 is 1. The smallest absolute Gasteiger partial charge is 0.243 e. The van der Waals surface area contributed by atoms with E-state index in [1.54, 1.807) is 7.11 Å². The van der Waals surface area contributed by atoms with E-state index in [1.165, 1.54) is 0 Å². The minimum atomic E-state index is -0.479. The van der Waals surface area contributed by atoms with Crippen LogP contribution in [0.5, 0.6) is 5.75 Å². The fourth-order valence-electron chi connectivity index (χ4n) is 1.82. The number of amides is 1. The Labute approximate surface area is 115 Å². The minimum absolute atomic E-state index is 0.0799. The standard InChI is InChI=1S/C12H15N3O3S/c1-17-8-2-3-10-9(6-8)14-12(19)15(10)4-5-18-7-11(13)16/h2-3,6H,4-5,7H2,1H3,(H2,13,16)(H,14,19). The van der Waals surface area contributed by atoms with Gasteiger partial charge in [0.15, 0.2) is 4.77 Å². The van der Waals surface area contributed by atoms with Crippen LogP contribution in [0.15, 0.2) is 18.2 Å². The van der Waals surface area contributed by atoms with Crippen molar-refractivity contribution in [1.29, 1.82) is 0 Å². The van der Waals surface area contributed by atoms with Gasteiger partial charge in [-0.25, -0.2) is 0 Å². The number of aromatic amines is 1. The lowest BCUT2D eigenvalue weighted by molar-refractivity contribution is -0.122. The zero-order chi connectivity index (χ0) is 13.8. The van der Waals surface area contributed by atoms with Gasteiger partial charge in [0.25, 0.3) is 0 Å². The summed E-state index contributed by atoms with van der Waals surface area (Å²) in [6.45, 7) is 0.845. The number of rotatable bonds is 6. The summed E-state index contributed by atoms with van der Waals surface area (Å²) in [7, 11) is 1.62. The second-order valence-corrected chi connectivity index (χ2v) is 4.37. The van der Waals surface area contributed by atoms with Crippen LogP contribution in [0.25, 0.3) is 11.0 Å². The monoisotopic (exact) mass is 281 g/mol. The van der Waals surface area contributed by atoms with Crippen molar-refractivity contribution in [2.75, 3.05) is 20.3 Å². The van der Waals surface area contributed by atoms with Gasteiger partial charge in [-0.1, -0.05) is 0 Å². The average Bonchev–Trinajstić information content (AvgIpc) is 2.69. The van der Waals surface area contributed by atoms with Crippen LogP contribution in [-0.4, -0.2) is 35.8 Å². The number of nitrogens with two attached hydrogens (primary N) is 1. The van der Waals surface area contributed by atoms with E-state index in [9.17, 15) is 4.79 Å². The van der Waals surface area contributed by atoms with E-state index in [1.807, 2.05) is 22.8 Å². The van der Waals surface area contributed by atoms with Gasteiger partial charge >= 0.3 is 0 Å². The maximum Gasteiger partial charge on any atom is 0.243 e. The molecule has 0 saturated heterocycles. The summed E-state index contributed by atoms with van der Waals surface area (Å²) in [6.07, 6.45) is 0. The number of benzene rings is 1. The number of aromatic nitrogens is 2. The molecule has 0 atom stereocenters. The summed E-state index contributed by atoms with van der Waals surface area (Å²) in [5, 5.41) is 0. The van der Waals surface area contributed by atoms with Crippen LogP contribution in [0.2, 0.25) is 0 Å². The Morgan fingerprint density at radius 2 is 2.32 bits per heavy atom. The number of hydrogen-bond donors (Lipinski definition) is 2. The molecule has 0 saturated carbocycles. The SMILES string of the molecule is COc1ccc2c(c1)[nH]c(=S)n2CCOCC(N)=O. The molecule has 0 aliphatic carbocycles. The number of ether oxygens (including phenoxy) is 2. The average molecular weight is 281 g/mol. The van der Waals surface area contributed by atoms with Crippen molar-refractivity contribution < 1.29 is 14.3 Å². The molecule has 0 bridgehead atoms. The van der Waals surface area contributed by atoms with Gasteiger partial charge < -0.3 is 24.8 Å². The Hall–Kier alpha value is -1.86. The summed E-state index contributed by atoms with van der Waals surface area (Å²) in [5.74, 6) is 0.285. The Morgan fingerprint density at radius 1 is 1.53 bits per heavy atom. The Bertz CT molecular complexity index is 647. The first-order valence-corrected chi connectivity index (χ1v) is 6.15. The number of primary amides is 1. The maximum atomic E-state index is 10.6. The molecule has 2 rings (SSSR count).